The molecular formula is C15H22F3NO. The molecule has 0 aliphatic rings. The maximum atomic E-state index is 12.6. The van der Waals surface area contributed by atoms with E-state index >= 15 is 0 Å². The Morgan fingerprint density at radius 2 is 2.00 bits per heavy atom. The Balaban J connectivity index is 2.56. The number of nitrogens with one attached hydrogen (secondary N) is 1. The van der Waals surface area contributed by atoms with Gasteiger partial charge in [-0.25, -0.2) is 0 Å². The maximum absolute atomic E-state index is 12.6. The van der Waals surface area contributed by atoms with Crippen LogP contribution in [-0.2, 0) is 17.3 Å². The number of ether oxygens (including phenoxy) is 1. The van der Waals surface area contributed by atoms with Crippen molar-refractivity contribution in [1.29, 1.82) is 0 Å². The third-order valence-electron chi connectivity index (χ3n) is 3.21. The molecule has 1 aromatic carbocycles. The van der Waals surface area contributed by atoms with Crippen molar-refractivity contribution < 1.29 is 17.9 Å². The molecule has 2 nitrogen and oxygen atoms in total. The lowest BCUT2D eigenvalue weighted by Gasteiger charge is -2.15. The molecule has 0 fully saturated rings. The highest BCUT2D eigenvalue weighted by Gasteiger charge is 2.30. The molecule has 0 saturated heterocycles. The van der Waals surface area contributed by atoms with E-state index in [9.17, 15) is 13.2 Å². The Morgan fingerprint density at radius 1 is 1.30 bits per heavy atom. The minimum Gasteiger partial charge on any atom is -0.383 e. The van der Waals surface area contributed by atoms with Crippen molar-refractivity contribution >= 4 is 0 Å². The van der Waals surface area contributed by atoms with Crippen LogP contribution in [0.4, 0.5) is 13.2 Å². The SMILES string of the molecule is COCCNCC(C)Cc1ccc(C(F)(F)F)cc1C. The minimum absolute atomic E-state index is 0.363. The number of aryl methyl sites for hydroxylation is 1. The molecule has 0 radical (unpaired) electrons. The summed E-state index contributed by atoms with van der Waals surface area (Å²) < 4.78 is 42.7. The van der Waals surface area contributed by atoms with Gasteiger partial charge in [-0.1, -0.05) is 13.0 Å². The van der Waals surface area contributed by atoms with Crippen molar-refractivity contribution in [3.63, 3.8) is 0 Å². The number of methoxy groups -OCH3 is 1. The molecule has 1 rings (SSSR count). The van der Waals surface area contributed by atoms with Gasteiger partial charge < -0.3 is 10.1 Å². The fraction of sp³-hybridized carbons (Fsp3) is 0.600. The number of hydrogen-bond donors (Lipinski definition) is 1. The molecule has 5 heteroatoms. The highest BCUT2D eigenvalue weighted by atomic mass is 19.4. The zero-order valence-electron chi connectivity index (χ0n) is 12.2. The van der Waals surface area contributed by atoms with Gasteiger partial charge >= 0.3 is 6.18 Å². The van der Waals surface area contributed by atoms with E-state index in [1.165, 1.54) is 6.07 Å². The van der Waals surface area contributed by atoms with E-state index in [0.29, 0.717) is 18.1 Å². The summed E-state index contributed by atoms with van der Waals surface area (Å²) in [5.74, 6) is 0.363. The highest BCUT2D eigenvalue weighted by Crippen LogP contribution is 2.30. The van der Waals surface area contributed by atoms with Crippen molar-refractivity contribution in [2.75, 3.05) is 26.8 Å². The van der Waals surface area contributed by atoms with E-state index in [-0.39, 0.29) is 0 Å². The molecule has 0 heterocycles. The summed E-state index contributed by atoms with van der Waals surface area (Å²) in [5.41, 5.74) is 1.09. The van der Waals surface area contributed by atoms with Gasteiger partial charge in [0.1, 0.15) is 0 Å². The molecule has 20 heavy (non-hydrogen) atoms. The fourth-order valence-electron chi connectivity index (χ4n) is 2.07. The highest BCUT2D eigenvalue weighted by molar-refractivity contribution is 5.32. The van der Waals surface area contributed by atoms with E-state index in [0.717, 1.165) is 31.1 Å². The fourth-order valence-corrected chi connectivity index (χ4v) is 2.07. The lowest BCUT2D eigenvalue weighted by atomic mass is 9.96. The predicted molar refractivity (Wildman–Crippen MR) is 73.8 cm³/mol. The monoisotopic (exact) mass is 289 g/mol. The molecule has 0 aliphatic heterocycles. The first-order valence-corrected chi connectivity index (χ1v) is 6.71. The first-order valence-electron chi connectivity index (χ1n) is 6.71. The maximum Gasteiger partial charge on any atom is 0.416 e. The van der Waals surface area contributed by atoms with Gasteiger partial charge in [0.05, 0.1) is 12.2 Å². The van der Waals surface area contributed by atoms with Gasteiger partial charge in [0.15, 0.2) is 0 Å². The lowest BCUT2D eigenvalue weighted by molar-refractivity contribution is -0.137. The second-order valence-electron chi connectivity index (χ2n) is 5.15. The Kier molecular flexibility index (Phi) is 6.49. The van der Waals surface area contributed by atoms with E-state index in [4.69, 9.17) is 4.74 Å². The molecule has 114 valence electrons. The lowest BCUT2D eigenvalue weighted by Crippen LogP contribution is -2.26. The van der Waals surface area contributed by atoms with Gasteiger partial charge in [-0.05, 0) is 49.1 Å². The number of benzene rings is 1. The summed E-state index contributed by atoms with van der Waals surface area (Å²) in [7, 11) is 1.65. The van der Waals surface area contributed by atoms with Gasteiger partial charge in [0.2, 0.25) is 0 Å². The Bertz CT molecular complexity index is 418. The van der Waals surface area contributed by atoms with Crippen LogP contribution >= 0.6 is 0 Å². The Morgan fingerprint density at radius 3 is 2.55 bits per heavy atom. The normalized spacial score (nSPS) is 13.5. The van der Waals surface area contributed by atoms with Crippen LogP contribution in [-0.4, -0.2) is 26.8 Å². The van der Waals surface area contributed by atoms with Gasteiger partial charge in [-0.15, -0.1) is 0 Å². The Hall–Kier alpha value is -1.07. The molecule has 0 bridgehead atoms. The van der Waals surface area contributed by atoms with Gasteiger partial charge in [-0.3, -0.25) is 0 Å². The first-order chi connectivity index (χ1) is 9.34. The average Bonchev–Trinajstić information content (AvgIpc) is 2.36. The summed E-state index contributed by atoms with van der Waals surface area (Å²) in [6.07, 6.45) is -3.50. The number of halogens is 3. The third-order valence-corrected chi connectivity index (χ3v) is 3.21. The topological polar surface area (TPSA) is 21.3 Å². The first kappa shape index (κ1) is 17.0. The summed E-state index contributed by atoms with van der Waals surface area (Å²) in [5, 5.41) is 3.26. The largest absolute Gasteiger partial charge is 0.416 e. The van der Waals surface area contributed by atoms with Crippen molar-refractivity contribution in [3.8, 4) is 0 Å². The molecule has 1 unspecified atom stereocenters. The summed E-state index contributed by atoms with van der Waals surface area (Å²) in [6, 6.07) is 3.97. The van der Waals surface area contributed by atoms with E-state index in [1.807, 2.05) is 0 Å². The summed E-state index contributed by atoms with van der Waals surface area (Å²) in [6.45, 7) is 6.08. The van der Waals surface area contributed by atoms with E-state index in [1.54, 1.807) is 20.1 Å². The van der Waals surface area contributed by atoms with Crippen LogP contribution in [0.25, 0.3) is 0 Å². The van der Waals surface area contributed by atoms with Gasteiger partial charge in [0.25, 0.3) is 0 Å². The molecule has 0 aliphatic carbocycles. The molecule has 0 saturated carbocycles. The van der Waals surface area contributed by atoms with Crippen LogP contribution in [0.15, 0.2) is 18.2 Å². The zero-order chi connectivity index (χ0) is 15.2. The number of alkyl halides is 3. The number of rotatable bonds is 7. The van der Waals surface area contributed by atoms with Crippen molar-refractivity contribution in [3.05, 3.63) is 34.9 Å². The summed E-state index contributed by atoms with van der Waals surface area (Å²) in [4.78, 5) is 0. The smallest absolute Gasteiger partial charge is 0.383 e. The molecule has 1 aromatic rings. The third kappa shape index (κ3) is 5.51. The quantitative estimate of drug-likeness (QED) is 0.777. The second-order valence-corrected chi connectivity index (χ2v) is 5.15. The van der Waals surface area contributed by atoms with Crippen molar-refractivity contribution in [1.82, 2.24) is 5.32 Å². The second kappa shape index (κ2) is 7.64. The van der Waals surface area contributed by atoms with Crippen molar-refractivity contribution in [2.45, 2.75) is 26.4 Å². The van der Waals surface area contributed by atoms with Crippen LogP contribution in [0.3, 0.4) is 0 Å². The molecule has 0 spiro atoms. The van der Waals surface area contributed by atoms with Crippen LogP contribution in [0, 0.1) is 12.8 Å². The minimum atomic E-state index is -4.27. The molecule has 0 aromatic heterocycles. The molecule has 1 N–H and O–H groups in total. The summed E-state index contributed by atoms with van der Waals surface area (Å²) >= 11 is 0. The van der Waals surface area contributed by atoms with Crippen molar-refractivity contribution in [2.24, 2.45) is 5.92 Å². The van der Waals surface area contributed by atoms with Crippen LogP contribution in [0.1, 0.15) is 23.6 Å². The van der Waals surface area contributed by atoms with Crippen LogP contribution in [0.5, 0.6) is 0 Å². The van der Waals surface area contributed by atoms with E-state index in [2.05, 4.69) is 12.2 Å². The molecular weight excluding hydrogens is 267 g/mol. The van der Waals surface area contributed by atoms with Crippen LogP contribution in [0.2, 0.25) is 0 Å². The average molecular weight is 289 g/mol. The molecule has 0 amide bonds. The number of hydrogen-bond acceptors (Lipinski definition) is 2. The predicted octanol–water partition coefficient (Wildman–Crippen LogP) is 3.43. The van der Waals surface area contributed by atoms with E-state index < -0.39 is 11.7 Å². The Labute approximate surface area is 118 Å². The standard InChI is InChI=1S/C15H22F3NO/c1-11(10-19-6-7-20-3)8-13-4-5-14(9-12(13)2)15(16,17)18/h4-5,9,11,19H,6-8,10H2,1-3H3. The molecule has 1 atom stereocenters. The van der Waals surface area contributed by atoms with Crippen LogP contribution < -0.4 is 5.32 Å². The zero-order valence-corrected chi connectivity index (χ0v) is 12.2. The van der Waals surface area contributed by atoms with Gasteiger partial charge in [-0.2, -0.15) is 13.2 Å². The van der Waals surface area contributed by atoms with Gasteiger partial charge in [0, 0.05) is 13.7 Å².